The molecule has 5 nitrogen and oxygen atoms in total. The molecule has 1 aromatic carbocycles. The van der Waals surface area contributed by atoms with Crippen LogP contribution in [-0.2, 0) is 11.8 Å². The molecule has 1 aliphatic rings. The molecule has 1 amide bonds. The van der Waals surface area contributed by atoms with Crippen molar-refractivity contribution in [1.82, 2.24) is 14.9 Å². The number of amides is 1. The molecule has 6 heteroatoms. The van der Waals surface area contributed by atoms with Crippen LogP contribution in [-0.4, -0.2) is 27.8 Å². The first-order valence-electron chi connectivity index (χ1n) is 9.62. The van der Waals surface area contributed by atoms with Gasteiger partial charge in [-0.15, -0.1) is 0 Å². The number of benzene rings is 1. The third kappa shape index (κ3) is 4.06. The SMILES string of the molecule is C=N/C(=C\c1cc(-c2cnc(C)n2C)ccc1C)NC(=O)C1(F)CCCCC1. The lowest BCUT2D eigenvalue weighted by molar-refractivity contribution is -0.134. The van der Waals surface area contributed by atoms with Crippen LogP contribution < -0.4 is 5.32 Å². The maximum atomic E-state index is 14.9. The van der Waals surface area contributed by atoms with Crippen LogP contribution in [0.2, 0.25) is 0 Å². The highest BCUT2D eigenvalue weighted by Gasteiger charge is 2.39. The lowest BCUT2D eigenvalue weighted by atomic mass is 9.86. The predicted molar refractivity (Wildman–Crippen MR) is 111 cm³/mol. The second-order valence-electron chi connectivity index (χ2n) is 7.49. The zero-order valence-electron chi connectivity index (χ0n) is 16.8. The summed E-state index contributed by atoms with van der Waals surface area (Å²) in [5.41, 5.74) is 2.09. The first-order chi connectivity index (χ1) is 13.3. The number of aromatic nitrogens is 2. The van der Waals surface area contributed by atoms with Gasteiger partial charge in [0.05, 0.1) is 11.9 Å². The summed E-state index contributed by atoms with van der Waals surface area (Å²) in [7, 11) is 1.97. The van der Waals surface area contributed by atoms with E-state index in [1.807, 2.05) is 49.9 Å². The van der Waals surface area contributed by atoms with E-state index in [1.165, 1.54) is 0 Å². The van der Waals surface area contributed by atoms with Gasteiger partial charge < -0.3 is 9.88 Å². The average molecular weight is 382 g/mol. The van der Waals surface area contributed by atoms with E-state index in [9.17, 15) is 9.18 Å². The lowest BCUT2D eigenvalue weighted by Crippen LogP contribution is -2.44. The molecule has 2 aromatic rings. The highest BCUT2D eigenvalue weighted by atomic mass is 19.1. The number of hydrogen-bond acceptors (Lipinski definition) is 3. The van der Waals surface area contributed by atoms with Crippen molar-refractivity contribution in [3.05, 3.63) is 47.2 Å². The Labute approximate surface area is 165 Å². The highest BCUT2D eigenvalue weighted by Crippen LogP contribution is 2.32. The minimum Gasteiger partial charge on any atom is -0.331 e. The molecular formula is C22H27FN4O. The number of nitrogens with zero attached hydrogens (tertiary/aromatic N) is 3. The molecule has 0 radical (unpaired) electrons. The molecule has 0 aliphatic heterocycles. The first-order valence-corrected chi connectivity index (χ1v) is 9.62. The van der Waals surface area contributed by atoms with Gasteiger partial charge in [-0.3, -0.25) is 4.79 Å². The quantitative estimate of drug-likeness (QED) is 0.775. The minimum atomic E-state index is -1.81. The Morgan fingerprint density at radius 3 is 2.64 bits per heavy atom. The van der Waals surface area contributed by atoms with Gasteiger partial charge in [-0.05, 0) is 69.5 Å². The molecule has 0 bridgehead atoms. The van der Waals surface area contributed by atoms with Gasteiger partial charge in [0.1, 0.15) is 11.6 Å². The molecule has 28 heavy (non-hydrogen) atoms. The second kappa shape index (κ2) is 8.09. The second-order valence-corrected chi connectivity index (χ2v) is 7.49. The molecule has 1 aliphatic carbocycles. The van der Waals surface area contributed by atoms with E-state index in [0.717, 1.165) is 47.5 Å². The smallest absolute Gasteiger partial charge is 0.263 e. The number of hydrogen-bond donors (Lipinski definition) is 1. The Morgan fingerprint density at radius 2 is 2.04 bits per heavy atom. The predicted octanol–water partition coefficient (Wildman–Crippen LogP) is 4.49. The van der Waals surface area contributed by atoms with E-state index in [2.05, 4.69) is 22.0 Å². The fraction of sp³-hybridized carbons (Fsp3) is 0.409. The maximum absolute atomic E-state index is 14.9. The van der Waals surface area contributed by atoms with Gasteiger partial charge in [0, 0.05) is 12.6 Å². The summed E-state index contributed by atoms with van der Waals surface area (Å²) in [6.07, 6.45) is 6.53. The molecule has 1 aromatic heterocycles. The van der Waals surface area contributed by atoms with Crippen molar-refractivity contribution in [1.29, 1.82) is 0 Å². The lowest BCUT2D eigenvalue weighted by Gasteiger charge is -2.28. The Hall–Kier alpha value is -2.76. The average Bonchev–Trinajstić information content (AvgIpc) is 3.02. The van der Waals surface area contributed by atoms with Gasteiger partial charge in [0.15, 0.2) is 5.67 Å². The van der Waals surface area contributed by atoms with Gasteiger partial charge >= 0.3 is 0 Å². The summed E-state index contributed by atoms with van der Waals surface area (Å²) in [6.45, 7) is 7.46. The van der Waals surface area contributed by atoms with E-state index >= 15 is 0 Å². The van der Waals surface area contributed by atoms with Crippen LogP contribution >= 0.6 is 0 Å². The first kappa shape index (κ1) is 20.0. The number of carbonyl (C=O) groups is 1. The zero-order valence-corrected chi connectivity index (χ0v) is 16.8. The molecule has 1 heterocycles. The largest absolute Gasteiger partial charge is 0.331 e. The van der Waals surface area contributed by atoms with E-state index < -0.39 is 11.6 Å². The summed E-state index contributed by atoms with van der Waals surface area (Å²) >= 11 is 0. The van der Waals surface area contributed by atoms with Gasteiger partial charge in [-0.1, -0.05) is 18.6 Å². The molecule has 1 fully saturated rings. The van der Waals surface area contributed by atoms with Gasteiger partial charge in [0.25, 0.3) is 5.91 Å². The van der Waals surface area contributed by atoms with Crippen molar-refractivity contribution in [2.45, 2.75) is 51.6 Å². The molecule has 148 valence electrons. The Bertz CT molecular complexity index is 923. The molecule has 1 N–H and O–H groups in total. The summed E-state index contributed by atoms with van der Waals surface area (Å²) in [5, 5.41) is 2.63. The molecule has 0 unspecified atom stereocenters. The number of halogens is 1. The van der Waals surface area contributed by atoms with Crippen LogP contribution in [0.25, 0.3) is 17.3 Å². The van der Waals surface area contributed by atoms with Crippen molar-refractivity contribution < 1.29 is 9.18 Å². The number of carbonyl (C=O) groups excluding carboxylic acids is 1. The van der Waals surface area contributed by atoms with Crippen LogP contribution in [0.4, 0.5) is 4.39 Å². The number of aryl methyl sites for hydroxylation is 2. The topological polar surface area (TPSA) is 59.3 Å². The fourth-order valence-electron chi connectivity index (χ4n) is 3.56. The molecule has 0 spiro atoms. The van der Waals surface area contributed by atoms with Crippen molar-refractivity contribution >= 4 is 18.7 Å². The van der Waals surface area contributed by atoms with E-state index in [1.54, 1.807) is 6.08 Å². The molecule has 0 atom stereocenters. The van der Waals surface area contributed by atoms with Crippen molar-refractivity contribution in [2.75, 3.05) is 0 Å². The van der Waals surface area contributed by atoms with Crippen LogP contribution in [0.1, 0.15) is 49.1 Å². The number of alkyl halides is 1. The van der Waals surface area contributed by atoms with E-state index in [4.69, 9.17) is 0 Å². The van der Waals surface area contributed by atoms with Gasteiger partial charge in [0.2, 0.25) is 0 Å². The number of imidazole rings is 1. The third-order valence-corrected chi connectivity index (χ3v) is 5.55. The van der Waals surface area contributed by atoms with Gasteiger partial charge in [-0.25, -0.2) is 14.4 Å². The van der Waals surface area contributed by atoms with Crippen LogP contribution in [0.15, 0.2) is 35.2 Å². The number of rotatable bonds is 5. The normalized spacial score (nSPS) is 16.6. The van der Waals surface area contributed by atoms with Crippen LogP contribution in [0.3, 0.4) is 0 Å². The third-order valence-electron chi connectivity index (χ3n) is 5.55. The Morgan fingerprint density at radius 1 is 1.32 bits per heavy atom. The minimum absolute atomic E-state index is 0.258. The van der Waals surface area contributed by atoms with Crippen LogP contribution in [0.5, 0.6) is 0 Å². The van der Waals surface area contributed by atoms with Crippen molar-refractivity contribution in [3.63, 3.8) is 0 Å². The summed E-state index contributed by atoms with van der Waals surface area (Å²) in [6, 6.07) is 6.04. The van der Waals surface area contributed by atoms with Crippen molar-refractivity contribution in [2.24, 2.45) is 12.0 Å². The summed E-state index contributed by atoms with van der Waals surface area (Å²) < 4.78 is 16.9. The van der Waals surface area contributed by atoms with Crippen LogP contribution in [0, 0.1) is 13.8 Å². The Balaban J connectivity index is 1.87. The van der Waals surface area contributed by atoms with Gasteiger partial charge in [-0.2, -0.15) is 0 Å². The van der Waals surface area contributed by atoms with E-state index in [-0.39, 0.29) is 18.7 Å². The molecule has 3 rings (SSSR count). The van der Waals surface area contributed by atoms with E-state index in [0.29, 0.717) is 0 Å². The molecule has 0 saturated heterocycles. The standard InChI is InChI=1S/C22H27FN4O/c1-15-8-9-17(19-14-25-16(2)27(19)4)12-18(15)13-20(24-3)26-21(28)22(23)10-6-5-7-11-22/h8-9,12-14H,3,5-7,10-11H2,1-2,4H3,(H,26,28)/b20-13+. The summed E-state index contributed by atoms with van der Waals surface area (Å²) in [4.78, 5) is 20.7. The number of nitrogens with one attached hydrogen (secondary N) is 1. The summed E-state index contributed by atoms with van der Waals surface area (Å²) in [5.74, 6) is 0.560. The monoisotopic (exact) mass is 382 g/mol. The maximum Gasteiger partial charge on any atom is 0.263 e. The zero-order chi connectivity index (χ0) is 20.3. The number of aliphatic imine (C=N–C) groups is 1. The van der Waals surface area contributed by atoms with Crippen molar-refractivity contribution in [3.8, 4) is 11.3 Å². The molecule has 1 saturated carbocycles. The Kier molecular flexibility index (Phi) is 5.77. The highest BCUT2D eigenvalue weighted by molar-refractivity contribution is 5.87. The molecular weight excluding hydrogens is 355 g/mol. The fourth-order valence-corrected chi connectivity index (χ4v) is 3.56.